The van der Waals surface area contributed by atoms with Crippen molar-refractivity contribution in [3.63, 3.8) is 0 Å². The van der Waals surface area contributed by atoms with Crippen molar-refractivity contribution < 1.29 is 0 Å². The molecule has 0 aliphatic rings. The van der Waals surface area contributed by atoms with Gasteiger partial charge in [0.1, 0.15) is 4.60 Å². The summed E-state index contributed by atoms with van der Waals surface area (Å²) in [6.45, 7) is 0.763. The van der Waals surface area contributed by atoms with E-state index in [0.29, 0.717) is 5.02 Å². The zero-order valence-electron chi connectivity index (χ0n) is 9.09. The van der Waals surface area contributed by atoms with Crippen LogP contribution in [-0.2, 0) is 6.54 Å². The summed E-state index contributed by atoms with van der Waals surface area (Å²) < 4.78 is 3.03. The van der Waals surface area contributed by atoms with Gasteiger partial charge in [0.05, 0.1) is 16.7 Å². The van der Waals surface area contributed by atoms with E-state index in [0.717, 1.165) is 33.7 Å². The zero-order chi connectivity index (χ0) is 12.0. The maximum atomic E-state index is 5.95. The largest absolute Gasteiger partial charge is 0.325 e. The molecule has 0 amide bonds. The van der Waals surface area contributed by atoms with Gasteiger partial charge in [0.15, 0.2) is 0 Å². The predicted octanol–water partition coefficient (Wildman–Crippen LogP) is 2.95. The molecule has 2 N–H and O–H groups in total. The van der Waals surface area contributed by atoms with E-state index in [9.17, 15) is 0 Å². The van der Waals surface area contributed by atoms with Crippen LogP contribution in [0.15, 0.2) is 22.8 Å². The van der Waals surface area contributed by atoms with E-state index >= 15 is 0 Å². The van der Waals surface area contributed by atoms with Crippen LogP contribution in [0.3, 0.4) is 0 Å². The molecule has 2 heterocycles. The molecule has 3 rings (SSSR count). The molecule has 0 atom stereocenters. The Hall–Kier alpha value is -1.04. The Morgan fingerprint density at radius 2 is 2.35 bits per heavy atom. The van der Waals surface area contributed by atoms with Crippen LogP contribution in [0.4, 0.5) is 0 Å². The molecule has 2 aromatic heterocycles. The van der Waals surface area contributed by atoms with E-state index in [4.69, 9.17) is 11.6 Å². The first-order valence-electron chi connectivity index (χ1n) is 5.19. The second-order valence-electron chi connectivity index (χ2n) is 3.83. The highest BCUT2D eigenvalue weighted by atomic mass is 79.9. The smallest absolute Gasteiger partial charge is 0.213 e. The van der Waals surface area contributed by atoms with Gasteiger partial charge in [0.2, 0.25) is 5.78 Å². The number of benzene rings is 1. The molecule has 3 aromatic rings. The van der Waals surface area contributed by atoms with Crippen molar-refractivity contribution >= 4 is 44.3 Å². The van der Waals surface area contributed by atoms with E-state index in [1.54, 1.807) is 0 Å². The Labute approximate surface area is 111 Å². The molecule has 0 aliphatic carbocycles. The normalized spacial score (nSPS) is 11.7. The lowest BCUT2D eigenvalue weighted by atomic mass is 10.3. The van der Waals surface area contributed by atoms with Gasteiger partial charge in [0.25, 0.3) is 0 Å². The van der Waals surface area contributed by atoms with Crippen LogP contribution in [-0.4, -0.2) is 21.4 Å². The van der Waals surface area contributed by atoms with E-state index in [1.165, 1.54) is 0 Å². The summed E-state index contributed by atoms with van der Waals surface area (Å²) in [5.41, 5.74) is 3.00. The summed E-state index contributed by atoms with van der Waals surface area (Å²) in [5, 5.41) is 3.81. The summed E-state index contributed by atoms with van der Waals surface area (Å²) in [6, 6.07) is 5.70. The molecular formula is C11H10BrClN4. The van der Waals surface area contributed by atoms with Crippen LogP contribution in [0, 0.1) is 0 Å². The lowest BCUT2D eigenvalue weighted by Crippen LogP contribution is -2.05. The van der Waals surface area contributed by atoms with Gasteiger partial charge < -0.3 is 10.3 Å². The van der Waals surface area contributed by atoms with Crippen LogP contribution < -0.4 is 5.32 Å². The molecule has 0 saturated carbocycles. The summed E-state index contributed by atoms with van der Waals surface area (Å²) in [5.74, 6) is 0.819. The Morgan fingerprint density at radius 3 is 3.12 bits per heavy atom. The number of rotatable bonds is 2. The number of aromatic nitrogens is 3. The number of aromatic amines is 1. The fourth-order valence-corrected chi connectivity index (χ4v) is 2.72. The molecule has 1 aromatic carbocycles. The third kappa shape index (κ3) is 1.66. The van der Waals surface area contributed by atoms with Gasteiger partial charge in [-0.15, -0.1) is 0 Å². The molecule has 17 heavy (non-hydrogen) atoms. The minimum absolute atomic E-state index is 0.699. The fraction of sp³-hybridized carbons (Fsp3) is 0.182. The molecule has 0 spiro atoms. The van der Waals surface area contributed by atoms with Crippen LogP contribution in [0.2, 0.25) is 5.02 Å². The summed E-state index contributed by atoms with van der Waals surface area (Å²) >= 11 is 9.54. The van der Waals surface area contributed by atoms with Crippen LogP contribution in [0.1, 0.15) is 5.69 Å². The van der Waals surface area contributed by atoms with Crippen LogP contribution in [0.25, 0.3) is 16.8 Å². The number of imidazole rings is 2. The lowest BCUT2D eigenvalue weighted by molar-refractivity contribution is 0.793. The molecule has 0 aliphatic heterocycles. The van der Waals surface area contributed by atoms with Crippen molar-refractivity contribution in [2.24, 2.45) is 0 Å². The predicted molar refractivity (Wildman–Crippen MR) is 72.5 cm³/mol. The SMILES string of the molecule is CNCc1[nH]c2nc3cc(Cl)ccc3n2c1Br. The number of hydrogen-bond donors (Lipinski definition) is 2. The number of nitrogens with zero attached hydrogens (tertiary/aromatic N) is 2. The van der Waals surface area contributed by atoms with E-state index in [2.05, 4.69) is 31.2 Å². The highest BCUT2D eigenvalue weighted by Crippen LogP contribution is 2.26. The third-order valence-corrected chi connectivity index (χ3v) is 3.75. The Morgan fingerprint density at radius 1 is 1.53 bits per heavy atom. The first kappa shape index (κ1) is 11.1. The van der Waals surface area contributed by atoms with Crippen molar-refractivity contribution in [2.75, 3.05) is 7.05 Å². The van der Waals surface area contributed by atoms with Crippen molar-refractivity contribution in [1.82, 2.24) is 19.7 Å². The van der Waals surface area contributed by atoms with Crippen molar-refractivity contribution in [2.45, 2.75) is 6.54 Å². The number of halogens is 2. The van der Waals surface area contributed by atoms with Gasteiger partial charge in [-0.3, -0.25) is 4.40 Å². The Bertz CT molecular complexity index is 700. The average molecular weight is 314 g/mol. The molecule has 6 heteroatoms. The van der Waals surface area contributed by atoms with E-state index in [-0.39, 0.29) is 0 Å². The Kier molecular flexibility index (Phi) is 2.61. The van der Waals surface area contributed by atoms with Gasteiger partial charge in [-0.1, -0.05) is 11.6 Å². The number of nitrogens with one attached hydrogen (secondary N) is 2. The summed E-state index contributed by atoms with van der Waals surface area (Å²) in [7, 11) is 1.91. The molecule has 0 unspecified atom stereocenters. The molecule has 0 radical (unpaired) electrons. The topological polar surface area (TPSA) is 45.1 Å². The molecule has 0 bridgehead atoms. The van der Waals surface area contributed by atoms with Gasteiger partial charge in [-0.25, -0.2) is 4.98 Å². The molecule has 4 nitrogen and oxygen atoms in total. The van der Waals surface area contributed by atoms with E-state index in [1.807, 2.05) is 29.6 Å². The van der Waals surface area contributed by atoms with Crippen molar-refractivity contribution in [1.29, 1.82) is 0 Å². The average Bonchev–Trinajstić information content (AvgIpc) is 2.77. The maximum absolute atomic E-state index is 5.95. The quantitative estimate of drug-likeness (QED) is 0.764. The van der Waals surface area contributed by atoms with Gasteiger partial charge in [-0.2, -0.15) is 0 Å². The van der Waals surface area contributed by atoms with Gasteiger partial charge >= 0.3 is 0 Å². The molecule has 88 valence electrons. The summed E-state index contributed by atoms with van der Waals surface area (Å²) in [6.07, 6.45) is 0. The second kappa shape index (κ2) is 4.01. The lowest BCUT2D eigenvalue weighted by Gasteiger charge is -1.97. The highest BCUT2D eigenvalue weighted by molar-refractivity contribution is 9.10. The number of fused-ring (bicyclic) bond motifs is 3. The maximum Gasteiger partial charge on any atom is 0.213 e. The van der Waals surface area contributed by atoms with Crippen molar-refractivity contribution in [3.05, 3.63) is 33.5 Å². The minimum atomic E-state index is 0.699. The van der Waals surface area contributed by atoms with Crippen molar-refractivity contribution in [3.8, 4) is 0 Å². The van der Waals surface area contributed by atoms with E-state index < -0.39 is 0 Å². The first-order chi connectivity index (χ1) is 8.20. The summed E-state index contributed by atoms with van der Waals surface area (Å²) in [4.78, 5) is 7.78. The van der Waals surface area contributed by atoms with Gasteiger partial charge in [0, 0.05) is 11.6 Å². The monoisotopic (exact) mass is 312 g/mol. The van der Waals surface area contributed by atoms with Gasteiger partial charge in [-0.05, 0) is 41.2 Å². The third-order valence-electron chi connectivity index (χ3n) is 2.68. The highest BCUT2D eigenvalue weighted by Gasteiger charge is 2.13. The zero-order valence-corrected chi connectivity index (χ0v) is 11.4. The number of hydrogen-bond acceptors (Lipinski definition) is 2. The molecule has 0 saturated heterocycles. The Balaban J connectivity index is 2.34. The van der Waals surface area contributed by atoms with Crippen LogP contribution >= 0.6 is 27.5 Å². The molecular weight excluding hydrogens is 304 g/mol. The fourth-order valence-electron chi connectivity index (χ4n) is 1.95. The molecule has 0 fully saturated rings. The second-order valence-corrected chi connectivity index (χ2v) is 5.02. The first-order valence-corrected chi connectivity index (χ1v) is 6.36. The minimum Gasteiger partial charge on any atom is -0.325 e. The number of H-pyrrole nitrogens is 1. The van der Waals surface area contributed by atoms with Crippen LogP contribution in [0.5, 0.6) is 0 Å². The standard InChI is InChI=1S/C11H10BrClN4/c1-14-5-8-10(12)17-9-3-2-6(13)4-7(9)15-11(17)16-8/h2-4,14H,5H2,1H3,(H,15,16).